The summed E-state index contributed by atoms with van der Waals surface area (Å²) in [6.07, 6.45) is -3.80. The van der Waals surface area contributed by atoms with Crippen LogP contribution in [0.3, 0.4) is 0 Å². The van der Waals surface area contributed by atoms with Crippen LogP contribution in [0.15, 0.2) is 30.5 Å². The fourth-order valence-electron chi connectivity index (χ4n) is 2.57. The molecule has 0 saturated heterocycles. The predicted molar refractivity (Wildman–Crippen MR) is 94.1 cm³/mol. The molecule has 1 amide bonds. The lowest BCUT2D eigenvalue weighted by Gasteiger charge is -2.11. The Hall–Kier alpha value is -2.25. The van der Waals surface area contributed by atoms with Crippen LogP contribution >= 0.6 is 23.2 Å². The summed E-state index contributed by atoms with van der Waals surface area (Å²) in [6, 6.07) is 5.75. The molecule has 4 nitrogen and oxygen atoms in total. The number of aromatic nitrogens is 2. The van der Waals surface area contributed by atoms with E-state index in [1.54, 1.807) is 25.1 Å². The zero-order valence-electron chi connectivity index (χ0n) is 13.6. The fraction of sp³-hybridized carbons (Fsp3) is 0.176. The lowest BCUT2D eigenvalue weighted by molar-refractivity contribution is -0.137. The van der Waals surface area contributed by atoms with E-state index in [9.17, 15) is 18.0 Å². The van der Waals surface area contributed by atoms with E-state index >= 15 is 0 Å². The maximum absolute atomic E-state index is 13.1. The number of hydrogen-bond donors (Lipinski definition) is 1. The van der Waals surface area contributed by atoms with Crippen molar-refractivity contribution in [2.75, 3.05) is 5.32 Å². The predicted octanol–water partition coefficient (Wildman–Crippen LogP) is 5.53. The van der Waals surface area contributed by atoms with Crippen LogP contribution < -0.4 is 5.32 Å². The number of hydrogen-bond acceptors (Lipinski definition) is 2. The average Bonchev–Trinajstić information content (AvgIpc) is 2.87. The highest BCUT2D eigenvalue weighted by Crippen LogP contribution is 2.33. The first-order chi connectivity index (χ1) is 12.1. The standard InChI is InChI=1S/C17H12Cl2F3N3O/c1-8-11(18)4-3-5-13(8)24-16(26)14-9(2)23-15-12(19)6-10(7-25(14)15)17(20,21)22/h3-7H,1-2H3,(H,24,26). The molecule has 0 radical (unpaired) electrons. The van der Waals surface area contributed by atoms with Gasteiger partial charge in [-0.05, 0) is 37.6 Å². The summed E-state index contributed by atoms with van der Waals surface area (Å²) in [5, 5.41) is 2.92. The van der Waals surface area contributed by atoms with Crippen molar-refractivity contribution in [3.63, 3.8) is 0 Å². The molecular formula is C17H12Cl2F3N3O. The lowest BCUT2D eigenvalue weighted by atomic mass is 10.2. The molecule has 0 atom stereocenters. The van der Waals surface area contributed by atoms with Gasteiger partial charge in [-0.3, -0.25) is 9.20 Å². The van der Waals surface area contributed by atoms with E-state index in [1.807, 2.05) is 0 Å². The van der Waals surface area contributed by atoms with Gasteiger partial charge in [0.2, 0.25) is 0 Å². The second-order valence-corrected chi connectivity index (χ2v) is 6.49. The third kappa shape index (κ3) is 3.24. The molecule has 2 aromatic heterocycles. The number of anilines is 1. The van der Waals surface area contributed by atoms with Gasteiger partial charge >= 0.3 is 6.18 Å². The molecule has 9 heteroatoms. The minimum absolute atomic E-state index is 0.0348. The van der Waals surface area contributed by atoms with Gasteiger partial charge in [0, 0.05) is 16.9 Å². The summed E-state index contributed by atoms with van der Waals surface area (Å²) in [5.41, 5.74) is 0.416. The Labute approximate surface area is 156 Å². The molecule has 1 N–H and O–H groups in total. The summed E-state index contributed by atoms with van der Waals surface area (Å²) in [4.78, 5) is 16.8. The van der Waals surface area contributed by atoms with Gasteiger partial charge in [-0.15, -0.1) is 0 Å². The molecule has 3 aromatic rings. The van der Waals surface area contributed by atoms with Gasteiger partial charge in [-0.2, -0.15) is 13.2 Å². The molecule has 1 aromatic carbocycles. The van der Waals surface area contributed by atoms with Crippen LogP contribution in [0, 0.1) is 13.8 Å². The summed E-state index contributed by atoms with van der Waals surface area (Å²) in [6.45, 7) is 3.24. The van der Waals surface area contributed by atoms with Crippen LogP contribution in [0.5, 0.6) is 0 Å². The number of rotatable bonds is 2. The normalized spacial score (nSPS) is 11.8. The SMILES string of the molecule is Cc1nc2c(Cl)cc(C(F)(F)F)cn2c1C(=O)Nc1cccc(Cl)c1C. The number of fused-ring (bicyclic) bond motifs is 1. The quantitative estimate of drug-likeness (QED) is 0.613. The molecule has 0 unspecified atom stereocenters. The zero-order chi connectivity index (χ0) is 19.2. The summed E-state index contributed by atoms with van der Waals surface area (Å²) in [7, 11) is 0. The molecule has 0 aliphatic rings. The Morgan fingerprint density at radius 2 is 1.88 bits per heavy atom. The lowest BCUT2D eigenvalue weighted by Crippen LogP contribution is -2.17. The number of halogens is 5. The van der Waals surface area contributed by atoms with Crippen LogP contribution in [0.25, 0.3) is 5.65 Å². The molecule has 0 fully saturated rings. The van der Waals surface area contributed by atoms with Crippen LogP contribution in [-0.2, 0) is 6.18 Å². The first-order valence-corrected chi connectivity index (χ1v) is 8.17. The van der Waals surface area contributed by atoms with Gasteiger partial charge in [-0.25, -0.2) is 4.98 Å². The number of nitrogens with one attached hydrogen (secondary N) is 1. The molecule has 2 heterocycles. The van der Waals surface area contributed by atoms with Gasteiger partial charge in [0.25, 0.3) is 5.91 Å². The number of carbonyl (C=O) groups excluding carboxylic acids is 1. The van der Waals surface area contributed by atoms with E-state index in [-0.39, 0.29) is 22.1 Å². The van der Waals surface area contributed by atoms with Crippen molar-refractivity contribution < 1.29 is 18.0 Å². The molecule has 0 aliphatic carbocycles. The minimum Gasteiger partial charge on any atom is -0.320 e. The van der Waals surface area contributed by atoms with Crippen LogP contribution in [0.2, 0.25) is 10.0 Å². The molecular weight excluding hydrogens is 390 g/mol. The number of nitrogens with zero attached hydrogens (tertiary/aromatic N) is 2. The van der Waals surface area contributed by atoms with E-state index in [0.29, 0.717) is 16.3 Å². The van der Waals surface area contributed by atoms with Gasteiger partial charge < -0.3 is 5.32 Å². The average molecular weight is 402 g/mol. The summed E-state index contributed by atoms with van der Waals surface area (Å²) < 4.78 is 40.3. The van der Waals surface area contributed by atoms with E-state index < -0.39 is 17.6 Å². The maximum atomic E-state index is 13.1. The smallest absolute Gasteiger partial charge is 0.320 e. The summed E-state index contributed by atoms with van der Waals surface area (Å²) >= 11 is 12.0. The number of pyridine rings is 1. The molecule has 0 bridgehead atoms. The van der Waals surface area contributed by atoms with Crippen LogP contribution in [0.1, 0.15) is 27.3 Å². The molecule has 3 rings (SSSR count). The largest absolute Gasteiger partial charge is 0.417 e. The minimum atomic E-state index is -4.60. The Morgan fingerprint density at radius 1 is 1.19 bits per heavy atom. The first kappa shape index (κ1) is 18.5. The molecule has 136 valence electrons. The highest BCUT2D eigenvalue weighted by Gasteiger charge is 2.33. The molecule has 0 saturated carbocycles. The number of alkyl halides is 3. The van der Waals surface area contributed by atoms with Crippen molar-refractivity contribution in [2.24, 2.45) is 0 Å². The van der Waals surface area contributed by atoms with Crippen molar-refractivity contribution in [3.05, 3.63) is 63.0 Å². The molecule has 0 aliphatic heterocycles. The molecule has 26 heavy (non-hydrogen) atoms. The third-order valence-electron chi connectivity index (χ3n) is 3.91. The first-order valence-electron chi connectivity index (χ1n) is 7.41. The Bertz CT molecular complexity index is 1030. The summed E-state index contributed by atoms with van der Waals surface area (Å²) in [5.74, 6) is -0.615. The highest BCUT2D eigenvalue weighted by atomic mass is 35.5. The third-order valence-corrected chi connectivity index (χ3v) is 4.60. The Balaban J connectivity index is 2.12. The van der Waals surface area contributed by atoms with Crippen molar-refractivity contribution in [3.8, 4) is 0 Å². The van der Waals surface area contributed by atoms with Crippen molar-refractivity contribution >= 4 is 40.4 Å². The van der Waals surface area contributed by atoms with Gasteiger partial charge in [0.1, 0.15) is 5.69 Å². The second-order valence-electron chi connectivity index (χ2n) is 5.68. The van der Waals surface area contributed by atoms with E-state index in [4.69, 9.17) is 23.2 Å². The Kier molecular flexibility index (Phi) is 4.62. The van der Waals surface area contributed by atoms with Crippen LogP contribution in [0.4, 0.5) is 18.9 Å². The zero-order valence-corrected chi connectivity index (χ0v) is 15.1. The van der Waals surface area contributed by atoms with Gasteiger partial charge in [0.05, 0.1) is 16.3 Å². The second kappa shape index (κ2) is 6.48. The number of aryl methyl sites for hydroxylation is 1. The van der Waals surface area contributed by atoms with E-state index in [2.05, 4.69) is 10.3 Å². The Morgan fingerprint density at radius 3 is 2.54 bits per heavy atom. The number of imidazole rings is 1. The fourth-order valence-corrected chi connectivity index (χ4v) is 3.00. The van der Waals surface area contributed by atoms with E-state index in [0.717, 1.165) is 16.7 Å². The number of benzene rings is 1. The maximum Gasteiger partial charge on any atom is 0.417 e. The van der Waals surface area contributed by atoms with Gasteiger partial charge in [0.15, 0.2) is 5.65 Å². The monoisotopic (exact) mass is 401 g/mol. The topological polar surface area (TPSA) is 46.4 Å². The van der Waals surface area contributed by atoms with Crippen LogP contribution in [-0.4, -0.2) is 15.3 Å². The van der Waals surface area contributed by atoms with Crippen molar-refractivity contribution in [2.45, 2.75) is 20.0 Å². The van der Waals surface area contributed by atoms with Crippen molar-refractivity contribution in [1.29, 1.82) is 0 Å². The molecule has 0 spiro atoms. The number of carbonyl (C=O) groups is 1. The van der Waals surface area contributed by atoms with Gasteiger partial charge in [-0.1, -0.05) is 29.3 Å². The van der Waals surface area contributed by atoms with Crippen molar-refractivity contribution in [1.82, 2.24) is 9.38 Å². The number of amides is 1. The highest BCUT2D eigenvalue weighted by molar-refractivity contribution is 6.33. The van der Waals surface area contributed by atoms with E-state index in [1.165, 1.54) is 6.92 Å².